The molecule has 1 amide bonds. The van der Waals surface area contributed by atoms with Crippen LogP contribution in [0.15, 0.2) is 29.6 Å². The van der Waals surface area contributed by atoms with Crippen LogP contribution in [0.1, 0.15) is 28.8 Å². The first-order valence-electron chi connectivity index (χ1n) is 7.91. The highest BCUT2D eigenvalue weighted by atomic mass is 32.1. The summed E-state index contributed by atoms with van der Waals surface area (Å²) in [4.78, 5) is 13.3. The Kier molecular flexibility index (Phi) is 4.80. The fourth-order valence-corrected chi connectivity index (χ4v) is 3.27. The van der Waals surface area contributed by atoms with E-state index in [1.54, 1.807) is 17.4 Å². The molecule has 0 saturated carbocycles. The summed E-state index contributed by atoms with van der Waals surface area (Å²) in [6, 6.07) is 7.81. The Hall–Kier alpha value is -2.41. The fraction of sp³-hybridized carbons (Fsp3) is 0.353. The Balaban J connectivity index is 1.54. The van der Waals surface area contributed by atoms with E-state index in [9.17, 15) is 4.79 Å². The predicted molar refractivity (Wildman–Crippen MR) is 95.1 cm³/mol. The number of rotatable bonds is 6. The lowest BCUT2D eigenvalue weighted by atomic mass is 10.2. The average Bonchev–Trinajstić information content (AvgIpc) is 3.26. The first kappa shape index (κ1) is 16.4. The Morgan fingerprint density at radius 1 is 1.42 bits per heavy atom. The highest BCUT2D eigenvalue weighted by Crippen LogP contribution is 2.22. The molecule has 0 radical (unpaired) electrons. The lowest BCUT2D eigenvalue weighted by Crippen LogP contribution is -2.30. The normalized spacial score (nSPS) is 12.3. The number of carbonyl (C=O) groups is 1. The van der Waals surface area contributed by atoms with E-state index in [2.05, 4.69) is 33.6 Å². The molecule has 3 aromatic rings. The molecule has 0 spiro atoms. The third kappa shape index (κ3) is 3.73. The van der Waals surface area contributed by atoms with Crippen LogP contribution in [0.5, 0.6) is 0 Å². The molecule has 3 heterocycles. The van der Waals surface area contributed by atoms with E-state index in [0.29, 0.717) is 12.2 Å². The molecule has 7 heteroatoms. The molecular weight excluding hydrogens is 322 g/mol. The summed E-state index contributed by atoms with van der Waals surface area (Å²) >= 11 is 1.61. The predicted octanol–water partition coefficient (Wildman–Crippen LogP) is 3.02. The van der Waals surface area contributed by atoms with E-state index in [4.69, 9.17) is 0 Å². The molecule has 3 aromatic heterocycles. The summed E-state index contributed by atoms with van der Waals surface area (Å²) in [7, 11) is 0. The van der Waals surface area contributed by atoms with Crippen LogP contribution >= 0.6 is 11.3 Å². The van der Waals surface area contributed by atoms with Crippen LogP contribution in [-0.4, -0.2) is 32.4 Å². The number of aromatic amines is 1. The van der Waals surface area contributed by atoms with Crippen LogP contribution in [-0.2, 0) is 6.54 Å². The van der Waals surface area contributed by atoms with Crippen molar-refractivity contribution in [1.29, 1.82) is 0 Å². The molecule has 0 fully saturated rings. The fourth-order valence-electron chi connectivity index (χ4n) is 2.57. The second kappa shape index (κ2) is 7.00. The average molecular weight is 343 g/mol. The third-order valence-corrected chi connectivity index (χ3v) is 4.70. The maximum Gasteiger partial charge on any atom is 0.271 e. The van der Waals surface area contributed by atoms with Crippen LogP contribution < -0.4 is 5.32 Å². The van der Waals surface area contributed by atoms with E-state index in [0.717, 1.165) is 28.5 Å². The number of H-pyrrole nitrogens is 1. The third-order valence-electron chi connectivity index (χ3n) is 3.80. The van der Waals surface area contributed by atoms with Crippen molar-refractivity contribution in [2.45, 2.75) is 27.3 Å². The second-order valence-electron chi connectivity index (χ2n) is 6.07. The molecule has 126 valence electrons. The first-order valence-corrected chi connectivity index (χ1v) is 8.79. The summed E-state index contributed by atoms with van der Waals surface area (Å²) in [5, 5.41) is 16.4. The SMILES string of the molecule is Cc1cc(C)n(CC(C)CNC(=O)c2cc(-c3cccs3)[nH]n2)n1. The highest BCUT2D eigenvalue weighted by Gasteiger charge is 2.14. The van der Waals surface area contributed by atoms with Crippen molar-refractivity contribution in [1.82, 2.24) is 25.3 Å². The molecule has 0 bridgehead atoms. The van der Waals surface area contributed by atoms with Crippen LogP contribution in [0.25, 0.3) is 10.6 Å². The number of nitrogens with zero attached hydrogens (tertiary/aromatic N) is 3. The van der Waals surface area contributed by atoms with Gasteiger partial charge in [-0.2, -0.15) is 10.2 Å². The molecule has 6 nitrogen and oxygen atoms in total. The van der Waals surface area contributed by atoms with Crippen molar-refractivity contribution in [2.24, 2.45) is 5.92 Å². The standard InChI is InChI=1S/C17H21N5OS/c1-11(10-22-13(3)7-12(2)21-22)9-18-17(23)15-8-14(19-20-15)16-5-4-6-24-16/h4-8,11H,9-10H2,1-3H3,(H,18,23)(H,19,20). The van der Waals surface area contributed by atoms with Crippen molar-refractivity contribution >= 4 is 17.2 Å². The highest BCUT2D eigenvalue weighted by molar-refractivity contribution is 7.13. The molecule has 0 aromatic carbocycles. The van der Waals surface area contributed by atoms with Crippen LogP contribution in [0.3, 0.4) is 0 Å². The van der Waals surface area contributed by atoms with Crippen LogP contribution in [0, 0.1) is 19.8 Å². The summed E-state index contributed by atoms with van der Waals surface area (Å²) in [6.45, 7) is 7.48. The zero-order valence-corrected chi connectivity index (χ0v) is 14.9. The molecule has 0 aliphatic carbocycles. The number of hydrogen-bond donors (Lipinski definition) is 2. The van der Waals surface area contributed by atoms with Gasteiger partial charge in [-0.15, -0.1) is 11.3 Å². The lowest BCUT2D eigenvalue weighted by Gasteiger charge is -2.13. The van der Waals surface area contributed by atoms with Gasteiger partial charge < -0.3 is 5.32 Å². The zero-order valence-electron chi connectivity index (χ0n) is 14.0. The number of aryl methyl sites for hydroxylation is 2. The number of thiophene rings is 1. The Bertz CT molecular complexity index is 818. The molecule has 24 heavy (non-hydrogen) atoms. The van der Waals surface area contributed by atoms with Crippen LogP contribution in [0.4, 0.5) is 0 Å². The van der Waals surface area contributed by atoms with E-state index < -0.39 is 0 Å². The van der Waals surface area contributed by atoms with Gasteiger partial charge in [0.15, 0.2) is 5.69 Å². The van der Waals surface area contributed by atoms with Gasteiger partial charge >= 0.3 is 0 Å². The lowest BCUT2D eigenvalue weighted by molar-refractivity contribution is 0.0941. The molecule has 1 atom stereocenters. The molecular formula is C17H21N5OS. The summed E-state index contributed by atoms with van der Waals surface area (Å²) in [5.74, 6) is 0.122. The van der Waals surface area contributed by atoms with Gasteiger partial charge in [-0.05, 0) is 43.3 Å². The Labute approximate surface area is 144 Å². The van der Waals surface area contributed by atoms with Crippen molar-refractivity contribution in [3.63, 3.8) is 0 Å². The van der Waals surface area contributed by atoms with Gasteiger partial charge in [0, 0.05) is 18.8 Å². The van der Waals surface area contributed by atoms with E-state index >= 15 is 0 Å². The van der Waals surface area contributed by atoms with E-state index in [-0.39, 0.29) is 11.8 Å². The summed E-state index contributed by atoms with van der Waals surface area (Å²) in [5.41, 5.74) is 3.43. The van der Waals surface area contributed by atoms with Crippen molar-refractivity contribution < 1.29 is 4.79 Å². The van der Waals surface area contributed by atoms with Crippen molar-refractivity contribution in [2.75, 3.05) is 6.54 Å². The first-order chi connectivity index (χ1) is 11.5. The maximum atomic E-state index is 12.2. The largest absolute Gasteiger partial charge is 0.350 e. The van der Waals surface area contributed by atoms with Gasteiger partial charge in [-0.25, -0.2) is 0 Å². The van der Waals surface area contributed by atoms with Crippen molar-refractivity contribution in [3.8, 4) is 10.6 Å². The van der Waals surface area contributed by atoms with Crippen LogP contribution in [0.2, 0.25) is 0 Å². The van der Waals surface area contributed by atoms with Crippen molar-refractivity contribution in [3.05, 3.63) is 46.7 Å². The minimum absolute atomic E-state index is 0.158. The number of amides is 1. The molecule has 1 unspecified atom stereocenters. The summed E-state index contributed by atoms with van der Waals surface area (Å²) in [6.07, 6.45) is 0. The number of nitrogens with one attached hydrogen (secondary N) is 2. The smallest absolute Gasteiger partial charge is 0.271 e. The van der Waals surface area contributed by atoms with Gasteiger partial charge in [0.05, 0.1) is 16.3 Å². The zero-order chi connectivity index (χ0) is 17.1. The molecule has 0 aliphatic heterocycles. The second-order valence-corrected chi connectivity index (χ2v) is 7.02. The monoisotopic (exact) mass is 343 g/mol. The molecule has 0 aliphatic rings. The van der Waals surface area contributed by atoms with Gasteiger partial charge in [-0.1, -0.05) is 13.0 Å². The van der Waals surface area contributed by atoms with E-state index in [1.165, 1.54) is 0 Å². The summed E-state index contributed by atoms with van der Waals surface area (Å²) < 4.78 is 1.98. The van der Waals surface area contributed by atoms with E-state index in [1.807, 2.05) is 36.0 Å². The number of carbonyl (C=O) groups excluding carboxylic acids is 1. The quantitative estimate of drug-likeness (QED) is 0.722. The number of hydrogen-bond acceptors (Lipinski definition) is 4. The Morgan fingerprint density at radius 3 is 2.92 bits per heavy atom. The van der Waals surface area contributed by atoms with Gasteiger partial charge in [0.25, 0.3) is 5.91 Å². The number of aromatic nitrogens is 4. The molecule has 2 N–H and O–H groups in total. The maximum absolute atomic E-state index is 12.2. The van der Waals surface area contributed by atoms with Gasteiger partial charge in [0.1, 0.15) is 0 Å². The minimum Gasteiger partial charge on any atom is -0.350 e. The Morgan fingerprint density at radius 2 is 2.25 bits per heavy atom. The minimum atomic E-state index is -0.158. The van der Waals surface area contributed by atoms with Gasteiger partial charge in [0.2, 0.25) is 0 Å². The van der Waals surface area contributed by atoms with Gasteiger partial charge in [-0.3, -0.25) is 14.6 Å². The molecule has 3 rings (SSSR count). The topological polar surface area (TPSA) is 75.6 Å². The molecule has 0 saturated heterocycles.